The highest BCUT2D eigenvalue weighted by Gasteiger charge is 2.34. The Bertz CT molecular complexity index is 3030. The van der Waals surface area contributed by atoms with Crippen molar-refractivity contribution in [3.8, 4) is 34.5 Å². The SMILES string of the molecule is C=C=NC(C)N(/N=C/c1cc(OC(=O)C2CCC(C(=O)Oc3ccc(OCCCCCCOC(=O)C=C)cc3)CC2)ccc1OC(=O)C1CCC(C(=O)Oc2ccc(OCCCCCCOC(=O)C=C)cc2)CC1)c1nc2ccccc2s1. The summed E-state index contributed by atoms with van der Waals surface area (Å²) in [5.74, 6) is 0.803. The molecule has 18 nitrogen and oxygen atoms in total. The maximum atomic E-state index is 13.9. The number of para-hydroxylation sites is 1. The van der Waals surface area contributed by atoms with Crippen molar-refractivity contribution in [2.45, 2.75) is 116 Å². The molecule has 0 aliphatic heterocycles. The zero-order valence-electron chi connectivity index (χ0n) is 47.0. The number of hydrazone groups is 1. The van der Waals surface area contributed by atoms with E-state index in [2.05, 4.69) is 30.6 Å². The van der Waals surface area contributed by atoms with E-state index in [1.807, 2.05) is 31.2 Å². The number of fused-ring (bicyclic) bond motifs is 1. The van der Waals surface area contributed by atoms with E-state index in [0.29, 0.717) is 111 Å². The van der Waals surface area contributed by atoms with Gasteiger partial charge in [-0.3, -0.25) is 19.2 Å². The number of thiazole rings is 1. The summed E-state index contributed by atoms with van der Waals surface area (Å²) in [7, 11) is 0. The van der Waals surface area contributed by atoms with Gasteiger partial charge in [0, 0.05) is 17.7 Å². The first-order valence-electron chi connectivity index (χ1n) is 28.3. The van der Waals surface area contributed by atoms with Crippen LogP contribution in [0, 0.1) is 23.7 Å². The Labute approximate surface area is 488 Å². The van der Waals surface area contributed by atoms with E-state index in [1.165, 1.54) is 17.6 Å². The lowest BCUT2D eigenvalue weighted by Gasteiger charge is -2.26. The summed E-state index contributed by atoms with van der Waals surface area (Å²) in [4.78, 5) is 85.6. The Balaban J connectivity index is 0.911. The van der Waals surface area contributed by atoms with Crippen molar-refractivity contribution in [2.24, 2.45) is 33.8 Å². The minimum Gasteiger partial charge on any atom is -0.494 e. The van der Waals surface area contributed by atoms with Crippen molar-refractivity contribution < 1.29 is 66.7 Å². The smallest absolute Gasteiger partial charge is 0.330 e. The molecule has 2 aliphatic carbocycles. The molecule has 0 saturated heterocycles. The Kier molecular flexibility index (Phi) is 24.6. The average molecular weight is 1150 g/mol. The fraction of sp³-hybridized carbons (Fsp3) is 0.406. The molecule has 1 aromatic heterocycles. The fourth-order valence-corrected chi connectivity index (χ4v) is 10.4. The van der Waals surface area contributed by atoms with Crippen LogP contribution in [0.2, 0.25) is 0 Å². The number of esters is 6. The van der Waals surface area contributed by atoms with E-state index in [9.17, 15) is 28.8 Å². The van der Waals surface area contributed by atoms with Crippen molar-refractivity contribution in [2.75, 3.05) is 31.4 Å². The molecule has 1 heterocycles. The Morgan fingerprint density at radius 1 is 0.578 bits per heavy atom. The van der Waals surface area contributed by atoms with Gasteiger partial charge in [0.15, 0.2) is 6.17 Å². The maximum Gasteiger partial charge on any atom is 0.330 e. The van der Waals surface area contributed by atoms with Crippen LogP contribution < -0.4 is 33.4 Å². The molecule has 2 fully saturated rings. The van der Waals surface area contributed by atoms with Gasteiger partial charge in [0.25, 0.3) is 0 Å². The molecule has 7 rings (SSSR count). The van der Waals surface area contributed by atoms with Crippen LogP contribution in [0.3, 0.4) is 0 Å². The first-order chi connectivity index (χ1) is 40.4. The quantitative estimate of drug-likeness (QED) is 0.0101. The Morgan fingerprint density at radius 2 is 1.00 bits per heavy atom. The summed E-state index contributed by atoms with van der Waals surface area (Å²) in [5, 5.41) is 6.94. The summed E-state index contributed by atoms with van der Waals surface area (Å²) < 4.78 is 46.1. The van der Waals surface area contributed by atoms with Gasteiger partial charge in [-0.2, -0.15) is 5.10 Å². The van der Waals surface area contributed by atoms with Gasteiger partial charge in [-0.15, -0.1) is 0 Å². The van der Waals surface area contributed by atoms with Crippen LogP contribution in [-0.4, -0.2) is 85.5 Å². The minimum absolute atomic E-state index is 0.176. The molecule has 0 spiro atoms. The molecule has 4 aromatic carbocycles. The summed E-state index contributed by atoms with van der Waals surface area (Å²) in [6, 6.07) is 26.2. The lowest BCUT2D eigenvalue weighted by atomic mass is 9.82. The van der Waals surface area contributed by atoms with Crippen molar-refractivity contribution in [3.63, 3.8) is 0 Å². The third-order valence-corrected chi connectivity index (χ3v) is 15.2. The lowest BCUT2D eigenvalue weighted by molar-refractivity contribution is -0.145. The zero-order valence-corrected chi connectivity index (χ0v) is 47.8. The second-order valence-corrected chi connectivity index (χ2v) is 21.2. The van der Waals surface area contributed by atoms with Crippen molar-refractivity contribution in [1.29, 1.82) is 0 Å². The van der Waals surface area contributed by atoms with Gasteiger partial charge in [-0.1, -0.05) is 36.6 Å². The fourth-order valence-electron chi connectivity index (χ4n) is 9.45. The number of hydrogen-bond donors (Lipinski definition) is 0. The summed E-state index contributed by atoms with van der Waals surface area (Å²) in [5.41, 5.74) is 1.12. The van der Waals surface area contributed by atoms with Crippen LogP contribution in [0.15, 0.2) is 133 Å². The highest BCUT2D eigenvalue weighted by molar-refractivity contribution is 7.22. The number of ether oxygens (including phenoxy) is 8. The second-order valence-electron chi connectivity index (χ2n) is 20.2. The van der Waals surface area contributed by atoms with E-state index in [0.717, 1.165) is 73.7 Å². The number of carbonyl (C=O) groups is 6. The monoisotopic (exact) mass is 1150 g/mol. The van der Waals surface area contributed by atoms with Gasteiger partial charge in [-0.05, 0) is 201 Å². The van der Waals surface area contributed by atoms with Gasteiger partial charge in [-0.25, -0.2) is 24.6 Å². The number of aromatic nitrogens is 1. The topological polar surface area (TPSA) is 217 Å². The zero-order chi connectivity index (χ0) is 58.8. The molecule has 83 heavy (non-hydrogen) atoms. The molecule has 0 bridgehead atoms. The first-order valence-corrected chi connectivity index (χ1v) is 29.2. The van der Waals surface area contributed by atoms with Gasteiger partial charge >= 0.3 is 35.8 Å². The van der Waals surface area contributed by atoms with Crippen LogP contribution >= 0.6 is 11.3 Å². The molecule has 2 saturated carbocycles. The summed E-state index contributed by atoms with van der Waals surface area (Å²) >= 11 is 1.42. The average Bonchev–Trinajstić information content (AvgIpc) is 4.07. The number of rotatable bonds is 31. The summed E-state index contributed by atoms with van der Waals surface area (Å²) in [6.07, 6.45) is 13.5. The van der Waals surface area contributed by atoms with E-state index >= 15 is 0 Å². The number of nitrogens with zero attached hydrogens (tertiary/aromatic N) is 4. The Morgan fingerprint density at radius 3 is 1.46 bits per heavy atom. The van der Waals surface area contributed by atoms with Crippen LogP contribution in [-0.2, 0) is 38.2 Å². The predicted octanol–water partition coefficient (Wildman–Crippen LogP) is 12.3. The molecule has 5 aromatic rings. The lowest BCUT2D eigenvalue weighted by Crippen LogP contribution is -2.30. The number of anilines is 1. The van der Waals surface area contributed by atoms with E-state index in [4.69, 9.17) is 48.0 Å². The number of aliphatic imine (C=N–C) groups is 1. The van der Waals surface area contributed by atoms with Crippen molar-refractivity contribution in [3.05, 3.63) is 128 Å². The number of unbranched alkanes of at least 4 members (excludes halogenated alkanes) is 6. The van der Waals surface area contributed by atoms with E-state index < -0.39 is 53.7 Å². The highest BCUT2D eigenvalue weighted by atomic mass is 32.1. The second kappa shape index (κ2) is 32.9. The number of benzene rings is 4. The molecular weight excluding hydrogens is 1080 g/mol. The number of hydrogen-bond acceptors (Lipinski definition) is 19. The van der Waals surface area contributed by atoms with Crippen LogP contribution in [0.1, 0.15) is 115 Å². The first kappa shape index (κ1) is 62.2. The Hall–Kier alpha value is -8.41. The molecule has 1 unspecified atom stereocenters. The predicted molar refractivity (Wildman–Crippen MR) is 315 cm³/mol. The van der Waals surface area contributed by atoms with Crippen LogP contribution in [0.5, 0.6) is 34.5 Å². The molecule has 19 heteroatoms. The van der Waals surface area contributed by atoms with Gasteiger partial charge in [0.05, 0.1) is 66.5 Å². The summed E-state index contributed by atoms with van der Waals surface area (Å²) in [6.45, 7) is 14.0. The molecule has 2 aliphatic rings. The standard InChI is InChI=1S/C64H72N4O14S/c1-5-58(69)77-40-16-10-8-14-38-75-50-28-32-52(33-29-50)79-60(71)45-20-22-47(23-21-45)62(73)81-54-36-37-56(49(42-54)43-66-68(44(4)65-7-3)64-67-55-18-12-13-19-57(55)83-64)82-63(74)48-26-24-46(25-27-48)61(72)80-53-34-30-51(31-35-53)76-39-15-9-11-17-41-78-59(70)6-2/h5-6,12-13,18-19,28-37,42-48H,1-3,8-11,14-17,20-27,38-41H2,4H3/b66-43+. The van der Waals surface area contributed by atoms with Crippen molar-refractivity contribution >= 4 is 74.6 Å². The molecule has 0 amide bonds. The normalized spacial score (nSPS) is 17.0. The van der Waals surface area contributed by atoms with Crippen LogP contribution in [0.25, 0.3) is 10.2 Å². The molecule has 438 valence electrons. The van der Waals surface area contributed by atoms with E-state index in [-0.39, 0.29) is 23.4 Å². The van der Waals surface area contributed by atoms with Gasteiger partial charge in [0.1, 0.15) is 34.5 Å². The molecule has 1 atom stereocenters. The van der Waals surface area contributed by atoms with E-state index in [1.54, 1.807) is 71.7 Å². The van der Waals surface area contributed by atoms with Crippen LogP contribution in [0.4, 0.5) is 5.13 Å². The molecule has 0 radical (unpaired) electrons. The number of carbonyl (C=O) groups excluding carboxylic acids is 6. The van der Waals surface area contributed by atoms with Gasteiger partial charge in [0.2, 0.25) is 5.13 Å². The molecule has 0 N–H and O–H groups in total. The largest absolute Gasteiger partial charge is 0.494 e. The van der Waals surface area contributed by atoms with Crippen molar-refractivity contribution in [1.82, 2.24) is 4.98 Å². The minimum atomic E-state index is -0.581. The molecular formula is C64H72N4O14S. The third kappa shape index (κ3) is 19.9. The highest BCUT2D eigenvalue weighted by Crippen LogP contribution is 2.36. The maximum absolute atomic E-state index is 13.9. The van der Waals surface area contributed by atoms with Gasteiger partial charge < -0.3 is 37.9 Å². The third-order valence-electron chi connectivity index (χ3n) is 14.2.